The molecule has 2 saturated carbocycles. The van der Waals surface area contributed by atoms with Crippen LogP contribution in [0.25, 0.3) is 11.1 Å². The van der Waals surface area contributed by atoms with Crippen LogP contribution in [0.5, 0.6) is 0 Å². The summed E-state index contributed by atoms with van der Waals surface area (Å²) in [7, 11) is 0. The van der Waals surface area contributed by atoms with Crippen LogP contribution < -0.4 is 0 Å². The van der Waals surface area contributed by atoms with E-state index in [4.69, 9.17) is 0 Å². The van der Waals surface area contributed by atoms with Gasteiger partial charge in [0.15, 0.2) is 0 Å². The first-order valence-corrected chi connectivity index (χ1v) is 14.0. The minimum Gasteiger partial charge on any atom is -0.206 e. The number of hydrogen-bond donors (Lipinski definition) is 0. The highest BCUT2D eigenvalue weighted by atomic mass is 19.1. The van der Waals surface area contributed by atoms with E-state index in [0.717, 1.165) is 47.6 Å². The van der Waals surface area contributed by atoms with Crippen molar-refractivity contribution < 1.29 is 4.39 Å². The Bertz CT molecular complexity index is 1080. The van der Waals surface area contributed by atoms with Gasteiger partial charge in [-0.2, -0.15) is 0 Å². The Labute approximate surface area is 212 Å². The first kappa shape index (κ1) is 24.3. The van der Waals surface area contributed by atoms with Gasteiger partial charge in [0, 0.05) is 5.56 Å². The molecule has 0 aromatic heterocycles. The molecule has 184 valence electrons. The minimum absolute atomic E-state index is 0.144. The third-order valence-electron chi connectivity index (χ3n) is 9.04. The molecule has 3 aromatic rings. The molecule has 2 fully saturated rings. The van der Waals surface area contributed by atoms with Gasteiger partial charge in [-0.3, -0.25) is 0 Å². The molecule has 0 unspecified atom stereocenters. The topological polar surface area (TPSA) is 0 Å². The van der Waals surface area contributed by atoms with Gasteiger partial charge in [0.25, 0.3) is 0 Å². The van der Waals surface area contributed by atoms with Crippen molar-refractivity contribution in [3.63, 3.8) is 0 Å². The molecule has 0 N–H and O–H groups in total. The Morgan fingerprint density at radius 3 is 1.77 bits per heavy atom. The normalized spacial score (nSPS) is 24.9. The molecule has 0 nitrogen and oxygen atoms in total. The maximum atomic E-state index is 14.3. The van der Waals surface area contributed by atoms with E-state index < -0.39 is 0 Å². The van der Waals surface area contributed by atoms with E-state index in [1.807, 2.05) is 19.1 Å². The number of halogens is 1. The van der Waals surface area contributed by atoms with Crippen molar-refractivity contribution in [3.05, 3.63) is 94.8 Å². The van der Waals surface area contributed by atoms with Crippen LogP contribution in [0, 0.1) is 30.5 Å². The van der Waals surface area contributed by atoms with Gasteiger partial charge in [-0.05, 0) is 116 Å². The summed E-state index contributed by atoms with van der Waals surface area (Å²) in [6.07, 6.45) is 13.6. The van der Waals surface area contributed by atoms with E-state index in [1.165, 1.54) is 62.5 Å². The average Bonchev–Trinajstić information content (AvgIpc) is 2.89. The zero-order valence-electron chi connectivity index (χ0n) is 21.6. The number of rotatable bonds is 6. The zero-order chi connectivity index (χ0) is 24.2. The molecule has 0 aliphatic heterocycles. The fourth-order valence-electron chi connectivity index (χ4n) is 6.63. The van der Waals surface area contributed by atoms with Crippen molar-refractivity contribution in [2.45, 2.75) is 84.0 Å². The molecule has 3 aromatic carbocycles. The summed E-state index contributed by atoms with van der Waals surface area (Å²) in [6, 6.07) is 23.3. The summed E-state index contributed by atoms with van der Waals surface area (Å²) in [5.74, 6) is 3.59. The lowest BCUT2D eigenvalue weighted by molar-refractivity contribution is 0.165. The summed E-state index contributed by atoms with van der Waals surface area (Å²) in [5, 5.41) is 0. The standard InChI is InChI=1S/C34H41F/c1-24-3-12-28(13-4-24)30-18-20-31(21-19-30)29-14-8-26(9-15-29)6-7-27-10-16-32(17-11-27)33-22-5-25(2)23-34(33)35/h5,8-11,14-17,22-24,28,30-31H,3-4,6-7,12-13,18-21H2,1-2H3. The second kappa shape index (κ2) is 11.1. The molecular formula is C34H41F. The molecule has 0 atom stereocenters. The van der Waals surface area contributed by atoms with E-state index in [9.17, 15) is 4.39 Å². The van der Waals surface area contributed by atoms with Crippen LogP contribution in [0.1, 0.15) is 86.5 Å². The zero-order valence-corrected chi connectivity index (χ0v) is 21.6. The monoisotopic (exact) mass is 468 g/mol. The van der Waals surface area contributed by atoms with Crippen molar-refractivity contribution in [1.29, 1.82) is 0 Å². The lowest BCUT2D eigenvalue weighted by atomic mass is 9.68. The molecular weight excluding hydrogens is 427 g/mol. The van der Waals surface area contributed by atoms with Crippen molar-refractivity contribution in [1.82, 2.24) is 0 Å². The molecule has 0 bridgehead atoms. The molecule has 0 saturated heterocycles. The van der Waals surface area contributed by atoms with Crippen molar-refractivity contribution in [2.75, 3.05) is 0 Å². The second-order valence-corrected chi connectivity index (χ2v) is 11.6. The van der Waals surface area contributed by atoms with E-state index in [2.05, 4.69) is 55.5 Å². The minimum atomic E-state index is -0.144. The summed E-state index contributed by atoms with van der Waals surface area (Å²) >= 11 is 0. The largest absolute Gasteiger partial charge is 0.206 e. The Morgan fingerprint density at radius 1 is 0.657 bits per heavy atom. The first-order chi connectivity index (χ1) is 17.0. The van der Waals surface area contributed by atoms with Crippen LogP contribution in [0.3, 0.4) is 0 Å². The fraction of sp³-hybridized carbons (Fsp3) is 0.471. The van der Waals surface area contributed by atoms with Crippen LogP contribution in [-0.4, -0.2) is 0 Å². The van der Waals surface area contributed by atoms with E-state index >= 15 is 0 Å². The molecule has 0 spiro atoms. The molecule has 0 heterocycles. The van der Waals surface area contributed by atoms with E-state index in [0.29, 0.717) is 5.56 Å². The highest BCUT2D eigenvalue weighted by Gasteiger charge is 2.30. The third-order valence-corrected chi connectivity index (χ3v) is 9.04. The van der Waals surface area contributed by atoms with Crippen molar-refractivity contribution in [3.8, 4) is 11.1 Å². The third kappa shape index (κ3) is 6.05. The van der Waals surface area contributed by atoms with Gasteiger partial charge < -0.3 is 0 Å². The second-order valence-electron chi connectivity index (χ2n) is 11.6. The number of benzene rings is 3. The summed E-state index contributed by atoms with van der Waals surface area (Å²) in [6.45, 7) is 4.35. The SMILES string of the molecule is Cc1ccc(-c2ccc(CCc3ccc(C4CCC(C5CCC(C)CC5)CC4)cc3)cc2)c(F)c1. The Hall–Kier alpha value is -2.41. The first-order valence-electron chi connectivity index (χ1n) is 14.0. The quantitative estimate of drug-likeness (QED) is 0.338. The summed E-state index contributed by atoms with van der Waals surface area (Å²) in [5.41, 5.74) is 6.85. The Kier molecular flexibility index (Phi) is 7.71. The van der Waals surface area contributed by atoms with Gasteiger partial charge in [-0.1, -0.05) is 80.4 Å². The van der Waals surface area contributed by atoms with E-state index in [-0.39, 0.29) is 5.82 Å². The van der Waals surface area contributed by atoms with Crippen molar-refractivity contribution in [2.24, 2.45) is 17.8 Å². The highest BCUT2D eigenvalue weighted by Crippen LogP contribution is 2.43. The van der Waals surface area contributed by atoms with Gasteiger partial charge in [-0.25, -0.2) is 4.39 Å². The lowest BCUT2D eigenvalue weighted by Gasteiger charge is -2.37. The molecule has 35 heavy (non-hydrogen) atoms. The molecule has 2 aliphatic rings. The number of aryl methyl sites for hydroxylation is 3. The molecule has 0 radical (unpaired) electrons. The Morgan fingerprint density at radius 2 is 1.20 bits per heavy atom. The maximum Gasteiger partial charge on any atom is 0.131 e. The molecule has 0 amide bonds. The lowest BCUT2D eigenvalue weighted by Crippen LogP contribution is -2.24. The van der Waals surface area contributed by atoms with Crippen LogP contribution in [0.2, 0.25) is 0 Å². The van der Waals surface area contributed by atoms with Gasteiger partial charge >= 0.3 is 0 Å². The smallest absolute Gasteiger partial charge is 0.131 e. The summed E-state index contributed by atoms with van der Waals surface area (Å²) in [4.78, 5) is 0. The molecule has 1 heteroatoms. The van der Waals surface area contributed by atoms with Gasteiger partial charge in [0.1, 0.15) is 5.82 Å². The van der Waals surface area contributed by atoms with Crippen LogP contribution in [-0.2, 0) is 12.8 Å². The Balaban J connectivity index is 1.11. The van der Waals surface area contributed by atoms with Crippen LogP contribution in [0.4, 0.5) is 4.39 Å². The maximum absolute atomic E-state index is 14.3. The molecule has 2 aliphatic carbocycles. The van der Waals surface area contributed by atoms with E-state index in [1.54, 1.807) is 11.6 Å². The van der Waals surface area contributed by atoms with Gasteiger partial charge in [0.05, 0.1) is 0 Å². The average molecular weight is 469 g/mol. The predicted octanol–water partition coefficient (Wildman–Crippen LogP) is 9.69. The van der Waals surface area contributed by atoms with Crippen LogP contribution >= 0.6 is 0 Å². The molecule has 5 rings (SSSR count). The van der Waals surface area contributed by atoms with Gasteiger partial charge in [-0.15, -0.1) is 0 Å². The van der Waals surface area contributed by atoms with Crippen LogP contribution in [0.15, 0.2) is 66.7 Å². The predicted molar refractivity (Wildman–Crippen MR) is 146 cm³/mol. The van der Waals surface area contributed by atoms with Gasteiger partial charge in [0.2, 0.25) is 0 Å². The fourth-order valence-corrected chi connectivity index (χ4v) is 6.63. The summed E-state index contributed by atoms with van der Waals surface area (Å²) < 4.78 is 14.3. The van der Waals surface area contributed by atoms with Crippen molar-refractivity contribution >= 4 is 0 Å². The highest BCUT2D eigenvalue weighted by molar-refractivity contribution is 5.64. The number of hydrogen-bond acceptors (Lipinski definition) is 0.